The molecule has 4 rings (SSSR count). The number of fused-ring (bicyclic) bond motifs is 1. The zero-order valence-electron chi connectivity index (χ0n) is 21.6. The van der Waals surface area contributed by atoms with Gasteiger partial charge in [-0.05, 0) is 42.7 Å². The zero-order valence-corrected chi connectivity index (χ0v) is 21.6. The van der Waals surface area contributed by atoms with Crippen LogP contribution in [0.1, 0.15) is 29.2 Å². The molecule has 0 fully saturated rings. The topological polar surface area (TPSA) is 117 Å². The van der Waals surface area contributed by atoms with Gasteiger partial charge in [0.25, 0.3) is 5.91 Å². The van der Waals surface area contributed by atoms with Gasteiger partial charge < -0.3 is 33.5 Å². The van der Waals surface area contributed by atoms with Gasteiger partial charge in [-0.3, -0.25) is 4.79 Å². The standard InChI is InChI=1S/C28H30N2O8/c1-33-23-13-19(37-16-27(32)30-29-15-17-7-5-6-8-21(17)31)14-24-20(23)9-10-22(38-24)18-11-25(34-2)28(36-4)26(12-18)35-3/h5-8,11-15,22,31H,9-10,16H2,1-4H3,(H,30,32)/b29-15+. The number of para-hydroxylation sites is 1. The van der Waals surface area contributed by atoms with E-state index in [0.29, 0.717) is 52.9 Å². The van der Waals surface area contributed by atoms with Crippen LogP contribution in [0.5, 0.6) is 40.2 Å². The number of hydrazone groups is 1. The molecule has 1 heterocycles. The Labute approximate surface area is 220 Å². The molecule has 200 valence electrons. The third-order valence-electron chi connectivity index (χ3n) is 6.05. The molecule has 1 atom stereocenters. The molecule has 1 aliphatic heterocycles. The number of ether oxygens (including phenoxy) is 6. The van der Waals surface area contributed by atoms with Gasteiger partial charge in [0.1, 0.15) is 29.1 Å². The van der Waals surface area contributed by atoms with Crippen molar-refractivity contribution < 1.29 is 38.3 Å². The van der Waals surface area contributed by atoms with Crippen LogP contribution in [0.2, 0.25) is 0 Å². The average Bonchev–Trinajstić information content (AvgIpc) is 2.95. The van der Waals surface area contributed by atoms with Crippen molar-refractivity contribution in [2.75, 3.05) is 35.0 Å². The Kier molecular flexibility index (Phi) is 8.42. The Morgan fingerprint density at radius 2 is 1.74 bits per heavy atom. The first-order valence-electron chi connectivity index (χ1n) is 11.9. The van der Waals surface area contributed by atoms with E-state index in [0.717, 1.165) is 11.1 Å². The Balaban J connectivity index is 1.47. The molecule has 0 aliphatic carbocycles. The summed E-state index contributed by atoms with van der Waals surface area (Å²) in [5.74, 6) is 2.81. The highest BCUT2D eigenvalue weighted by Gasteiger charge is 2.27. The number of phenolic OH excluding ortho intramolecular Hbond substituents is 1. The monoisotopic (exact) mass is 522 g/mol. The van der Waals surface area contributed by atoms with E-state index in [1.54, 1.807) is 58.8 Å². The number of hydrogen-bond acceptors (Lipinski definition) is 9. The van der Waals surface area contributed by atoms with Crippen molar-refractivity contribution >= 4 is 12.1 Å². The van der Waals surface area contributed by atoms with Crippen LogP contribution < -0.4 is 33.8 Å². The fraction of sp³-hybridized carbons (Fsp3) is 0.286. The zero-order chi connectivity index (χ0) is 27.1. The maximum absolute atomic E-state index is 12.2. The van der Waals surface area contributed by atoms with E-state index in [4.69, 9.17) is 28.4 Å². The summed E-state index contributed by atoms with van der Waals surface area (Å²) in [6, 6.07) is 13.9. The Morgan fingerprint density at radius 3 is 2.39 bits per heavy atom. The third kappa shape index (κ3) is 5.86. The maximum atomic E-state index is 12.2. The number of amides is 1. The number of methoxy groups -OCH3 is 4. The van der Waals surface area contributed by atoms with E-state index in [2.05, 4.69) is 10.5 Å². The van der Waals surface area contributed by atoms with Crippen molar-refractivity contribution in [1.29, 1.82) is 0 Å². The Hall–Kier alpha value is -4.60. The van der Waals surface area contributed by atoms with Crippen LogP contribution >= 0.6 is 0 Å². The van der Waals surface area contributed by atoms with Gasteiger partial charge in [-0.1, -0.05) is 12.1 Å². The predicted molar refractivity (Wildman–Crippen MR) is 140 cm³/mol. The van der Waals surface area contributed by atoms with Crippen LogP contribution in [0.15, 0.2) is 53.6 Å². The fourth-order valence-electron chi connectivity index (χ4n) is 4.17. The summed E-state index contributed by atoms with van der Waals surface area (Å²) in [5.41, 5.74) is 4.64. The summed E-state index contributed by atoms with van der Waals surface area (Å²) in [5, 5.41) is 13.6. The number of phenols is 1. The first-order chi connectivity index (χ1) is 18.5. The molecule has 0 aromatic heterocycles. The Bertz CT molecular complexity index is 1300. The van der Waals surface area contributed by atoms with Crippen molar-refractivity contribution in [1.82, 2.24) is 5.43 Å². The van der Waals surface area contributed by atoms with Crippen LogP contribution in [0, 0.1) is 0 Å². The fourth-order valence-corrected chi connectivity index (χ4v) is 4.17. The number of carbonyl (C=O) groups excluding carboxylic acids is 1. The molecule has 1 unspecified atom stereocenters. The van der Waals surface area contributed by atoms with Crippen LogP contribution in [-0.4, -0.2) is 52.3 Å². The summed E-state index contributed by atoms with van der Waals surface area (Å²) < 4.78 is 34.0. The molecule has 38 heavy (non-hydrogen) atoms. The highest BCUT2D eigenvalue weighted by atomic mass is 16.5. The first kappa shape index (κ1) is 26.5. The number of benzene rings is 3. The Morgan fingerprint density at radius 1 is 1.03 bits per heavy atom. The minimum atomic E-state index is -0.468. The second-order valence-corrected chi connectivity index (χ2v) is 8.35. The molecule has 1 aliphatic rings. The molecule has 3 aromatic carbocycles. The summed E-state index contributed by atoms with van der Waals surface area (Å²) in [6.07, 6.45) is 2.50. The summed E-state index contributed by atoms with van der Waals surface area (Å²) >= 11 is 0. The number of rotatable bonds is 10. The SMILES string of the molecule is COc1cc(OCC(=O)N/N=C/c2ccccc2O)cc2c1CCC(c1cc(OC)c(OC)c(OC)c1)O2. The van der Waals surface area contributed by atoms with E-state index in [9.17, 15) is 9.90 Å². The lowest BCUT2D eigenvalue weighted by molar-refractivity contribution is -0.123. The van der Waals surface area contributed by atoms with E-state index in [1.165, 1.54) is 12.3 Å². The van der Waals surface area contributed by atoms with E-state index < -0.39 is 5.91 Å². The van der Waals surface area contributed by atoms with Gasteiger partial charge >= 0.3 is 0 Å². The summed E-state index contributed by atoms with van der Waals surface area (Å²) in [6.45, 7) is -0.281. The molecule has 0 spiro atoms. The number of nitrogens with one attached hydrogen (secondary N) is 1. The number of aromatic hydroxyl groups is 1. The molecule has 0 bridgehead atoms. The first-order valence-corrected chi connectivity index (χ1v) is 11.9. The van der Waals surface area contributed by atoms with Crippen molar-refractivity contribution in [3.05, 3.63) is 65.2 Å². The van der Waals surface area contributed by atoms with Gasteiger partial charge in [0, 0.05) is 23.3 Å². The molecule has 10 nitrogen and oxygen atoms in total. The van der Waals surface area contributed by atoms with E-state index in [-0.39, 0.29) is 18.5 Å². The second kappa shape index (κ2) is 12.1. The lowest BCUT2D eigenvalue weighted by Gasteiger charge is -2.29. The molecule has 1 amide bonds. The molecule has 0 saturated heterocycles. The lowest BCUT2D eigenvalue weighted by Crippen LogP contribution is -2.24. The minimum absolute atomic E-state index is 0.0627. The van der Waals surface area contributed by atoms with E-state index >= 15 is 0 Å². The summed E-state index contributed by atoms with van der Waals surface area (Å²) in [4.78, 5) is 12.2. The molecule has 0 radical (unpaired) electrons. The molecule has 3 aromatic rings. The van der Waals surface area contributed by atoms with Gasteiger partial charge in [-0.15, -0.1) is 0 Å². The summed E-state index contributed by atoms with van der Waals surface area (Å²) in [7, 11) is 6.27. The molecular weight excluding hydrogens is 492 g/mol. The maximum Gasteiger partial charge on any atom is 0.277 e. The third-order valence-corrected chi connectivity index (χ3v) is 6.05. The van der Waals surface area contributed by atoms with Gasteiger partial charge in [0.15, 0.2) is 18.1 Å². The van der Waals surface area contributed by atoms with E-state index in [1.807, 2.05) is 12.1 Å². The predicted octanol–water partition coefficient (Wildman–Crippen LogP) is 4.02. The molecular formula is C28H30N2O8. The van der Waals surface area contributed by atoms with Crippen molar-refractivity contribution in [3.8, 4) is 40.2 Å². The average molecular weight is 523 g/mol. The molecule has 2 N–H and O–H groups in total. The van der Waals surface area contributed by atoms with Gasteiger partial charge in [-0.25, -0.2) is 5.43 Å². The highest BCUT2D eigenvalue weighted by molar-refractivity contribution is 5.85. The quantitative estimate of drug-likeness (QED) is 0.303. The number of carbonyl (C=O) groups is 1. The number of hydrogen-bond donors (Lipinski definition) is 2. The minimum Gasteiger partial charge on any atom is -0.507 e. The van der Waals surface area contributed by atoms with Crippen molar-refractivity contribution in [2.45, 2.75) is 18.9 Å². The van der Waals surface area contributed by atoms with Crippen LogP contribution in [-0.2, 0) is 11.2 Å². The van der Waals surface area contributed by atoms with Crippen LogP contribution in [0.4, 0.5) is 0 Å². The van der Waals surface area contributed by atoms with Gasteiger partial charge in [-0.2, -0.15) is 5.10 Å². The van der Waals surface area contributed by atoms with Gasteiger partial charge in [0.2, 0.25) is 5.75 Å². The molecule has 10 heteroatoms. The normalized spacial score (nSPS) is 14.3. The highest BCUT2D eigenvalue weighted by Crippen LogP contribution is 2.45. The second-order valence-electron chi connectivity index (χ2n) is 8.35. The smallest absolute Gasteiger partial charge is 0.277 e. The van der Waals surface area contributed by atoms with Crippen LogP contribution in [0.25, 0.3) is 0 Å². The van der Waals surface area contributed by atoms with Crippen molar-refractivity contribution in [3.63, 3.8) is 0 Å². The largest absolute Gasteiger partial charge is 0.507 e. The molecule has 0 saturated carbocycles. The van der Waals surface area contributed by atoms with Gasteiger partial charge in [0.05, 0.1) is 34.7 Å². The lowest BCUT2D eigenvalue weighted by atomic mass is 9.96. The number of nitrogens with zero attached hydrogens (tertiary/aromatic N) is 1. The van der Waals surface area contributed by atoms with Crippen LogP contribution in [0.3, 0.4) is 0 Å². The van der Waals surface area contributed by atoms with Crippen molar-refractivity contribution in [2.24, 2.45) is 5.10 Å².